The standard InChI is InChI=1S/C27H30N8O4/c28-10-5-22(36)35-13-8-18(9-14-35)24-31-21-15-29-33-26(37)23(21)25(32-24)30-20-3-1-17(2-4-20)16-34-11-6-19(7-12-34)27(38)39/h1-4,15,18-19H,5-9,11-14,16H2,(H,33,37)(H,38,39)(H,30,31,32). The van der Waals surface area contributed by atoms with Gasteiger partial charge in [0.15, 0.2) is 0 Å². The zero-order chi connectivity index (χ0) is 27.4. The van der Waals surface area contributed by atoms with Gasteiger partial charge in [-0.3, -0.25) is 19.3 Å². The lowest BCUT2D eigenvalue weighted by atomic mass is 9.95. The molecule has 0 unspecified atom stereocenters. The Hall–Kier alpha value is -4.37. The number of nitriles is 1. The zero-order valence-electron chi connectivity index (χ0n) is 21.5. The maximum Gasteiger partial charge on any atom is 0.306 e. The van der Waals surface area contributed by atoms with E-state index in [0.29, 0.717) is 61.3 Å². The van der Waals surface area contributed by atoms with Crippen molar-refractivity contribution in [1.82, 2.24) is 30.0 Å². The number of rotatable bonds is 7. The highest BCUT2D eigenvalue weighted by molar-refractivity contribution is 5.89. The predicted octanol–water partition coefficient (Wildman–Crippen LogP) is 2.37. The molecule has 4 heterocycles. The van der Waals surface area contributed by atoms with Gasteiger partial charge in [0.25, 0.3) is 5.56 Å². The fourth-order valence-corrected chi connectivity index (χ4v) is 5.29. The predicted molar refractivity (Wildman–Crippen MR) is 142 cm³/mol. The summed E-state index contributed by atoms with van der Waals surface area (Å²) >= 11 is 0. The number of H-pyrrole nitrogens is 1. The van der Waals surface area contributed by atoms with Crippen LogP contribution in [0.2, 0.25) is 0 Å². The van der Waals surface area contributed by atoms with Crippen molar-refractivity contribution in [3.05, 3.63) is 52.2 Å². The van der Waals surface area contributed by atoms with Gasteiger partial charge in [0, 0.05) is 31.2 Å². The van der Waals surface area contributed by atoms with Crippen molar-refractivity contribution < 1.29 is 14.7 Å². The normalized spacial score (nSPS) is 17.2. The number of carboxylic acid groups (broad SMARTS) is 1. The van der Waals surface area contributed by atoms with Crippen molar-refractivity contribution in [3.8, 4) is 6.07 Å². The molecule has 0 aliphatic carbocycles. The number of amides is 1. The topological polar surface area (TPSA) is 168 Å². The smallest absolute Gasteiger partial charge is 0.306 e. The Balaban J connectivity index is 1.31. The number of nitrogens with one attached hydrogen (secondary N) is 2. The Morgan fingerprint density at radius 3 is 2.46 bits per heavy atom. The van der Waals surface area contributed by atoms with E-state index in [9.17, 15) is 19.5 Å². The first-order chi connectivity index (χ1) is 18.9. The first-order valence-corrected chi connectivity index (χ1v) is 13.1. The summed E-state index contributed by atoms with van der Waals surface area (Å²) < 4.78 is 0. The summed E-state index contributed by atoms with van der Waals surface area (Å²) in [5.74, 6) is -0.139. The van der Waals surface area contributed by atoms with E-state index in [4.69, 9.17) is 10.2 Å². The third-order valence-corrected chi connectivity index (χ3v) is 7.54. The van der Waals surface area contributed by atoms with Crippen LogP contribution in [0.5, 0.6) is 0 Å². The van der Waals surface area contributed by atoms with Crippen molar-refractivity contribution in [3.63, 3.8) is 0 Å². The van der Waals surface area contributed by atoms with Crippen LogP contribution in [0.25, 0.3) is 10.9 Å². The average Bonchev–Trinajstić information content (AvgIpc) is 2.94. The number of carbonyl (C=O) groups excluding carboxylic acids is 1. The van der Waals surface area contributed by atoms with Crippen molar-refractivity contribution in [1.29, 1.82) is 5.26 Å². The second-order valence-electron chi connectivity index (χ2n) is 10.1. The van der Waals surface area contributed by atoms with Crippen LogP contribution in [-0.4, -0.2) is 73.1 Å². The molecule has 2 aromatic heterocycles. The van der Waals surface area contributed by atoms with Crippen molar-refractivity contribution >= 4 is 34.3 Å². The number of anilines is 2. The maximum absolute atomic E-state index is 12.6. The highest BCUT2D eigenvalue weighted by atomic mass is 16.4. The quantitative estimate of drug-likeness (QED) is 0.412. The molecule has 5 rings (SSSR count). The Morgan fingerprint density at radius 1 is 1.08 bits per heavy atom. The zero-order valence-corrected chi connectivity index (χ0v) is 21.5. The summed E-state index contributed by atoms with van der Waals surface area (Å²) in [6, 6.07) is 9.79. The largest absolute Gasteiger partial charge is 0.481 e. The van der Waals surface area contributed by atoms with E-state index in [1.807, 2.05) is 30.3 Å². The molecular formula is C27H30N8O4. The van der Waals surface area contributed by atoms with E-state index in [1.165, 1.54) is 6.20 Å². The molecule has 1 aromatic carbocycles. The van der Waals surface area contributed by atoms with Crippen LogP contribution in [0.3, 0.4) is 0 Å². The van der Waals surface area contributed by atoms with Crippen LogP contribution in [0.1, 0.15) is 49.4 Å². The third kappa shape index (κ3) is 6.04. The number of fused-ring (bicyclic) bond motifs is 1. The van der Waals surface area contributed by atoms with E-state index >= 15 is 0 Å². The minimum Gasteiger partial charge on any atom is -0.481 e. The van der Waals surface area contributed by atoms with Crippen LogP contribution in [-0.2, 0) is 16.1 Å². The molecule has 3 aromatic rings. The number of carbonyl (C=O) groups is 2. The molecule has 12 nitrogen and oxygen atoms in total. The fraction of sp³-hybridized carbons (Fsp3) is 0.444. The SMILES string of the molecule is N#CCC(=O)N1CCC(c2nc(Nc3ccc(CN4CCC(C(=O)O)CC4)cc3)c3c(=O)[nH]ncc3n2)CC1. The number of hydrogen-bond acceptors (Lipinski definition) is 9. The number of hydrogen-bond donors (Lipinski definition) is 3. The van der Waals surface area contributed by atoms with Crippen LogP contribution >= 0.6 is 0 Å². The van der Waals surface area contributed by atoms with Crippen molar-refractivity contribution in [2.75, 3.05) is 31.5 Å². The van der Waals surface area contributed by atoms with Crippen molar-refractivity contribution in [2.45, 2.75) is 44.6 Å². The molecule has 3 N–H and O–H groups in total. The fourth-order valence-electron chi connectivity index (χ4n) is 5.29. The van der Waals surface area contributed by atoms with Gasteiger partial charge in [-0.2, -0.15) is 10.4 Å². The highest BCUT2D eigenvalue weighted by Gasteiger charge is 2.27. The van der Waals surface area contributed by atoms with Gasteiger partial charge < -0.3 is 15.3 Å². The van der Waals surface area contributed by atoms with Gasteiger partial charge in [0.1, 0.15) is 29.0 Å². The van der Waals surface area contributed by atoms with Crippen LogP contribution in [0.4, 0.5) is 11.5 Å². The number of likely N-dealkylation sites (tertiary alicyclic amines) is 2. The van der Waals surface area contributed by atoms with Gasteiger partial charge in [-0.1, -0.05) is 12.1 Å². The molecular weight excluding hydrogens is 500 g/mol. The average molecular weight is 531 g/mol. The summed E-state index contributed by atoms with van der Waals surface area (Å²) in [6.45, 7) is 3.31. The molecule has 2 aliphatic heterocycles. The van der Waals surface area contributed by atoms with E-state index < -0.39 is 5.97 Å². The van der Waals surface area contributed by atoms with Gasteiger partial charge in [-0.25, -0.2) is 15.1 Å². The van der Waals surface area contributed by atoms with Gasteiger partial charge in [0.2, 0.25) is 5.91 Å². The van der Waals surface area contributed by atoms with Crippen LogP contribution in [0, 0.1) is 17.2 Å². The first kappa shape index (κ1) is 26.2. The van der Waals surface area contributed by atoms with Crippen LogP contribution < -0.4 is 10.9 Å². The Bertz CT molecular complexity index is 1450. The number of aromatic nitrogens is 4. The number of nitrogens with zero attached hydrogens (tertiary/aromatic N) is 6. The monoisotopic (exact) mass is 530 g/mol. The van der Waals surface area contributed by atoms with E-state index in [2.05, 4.69) is 25.4 Å². The molecule has 39 heavy (non-hydrogen) atoms. The summed E-state index contributed by atoms with van der Waals surface area (Å²) in [5.41, 5.74) is 1.93. The minimum absolute atomic E-state index is 0.00742. The molecule has 202 valence electrons. The van der Waals surface area contributed by atoms with Gasteiger partial charge in [0.05, 0.1) is 18.2 Å². The molecule has 1 amide bonds. The summed E-state index contributed by atoms with van der Waals surface area (Å²) in [6.07, 6.45) is 4.04. The lowest BCUT2D eigenvalue weighted by molar-refractivity contribution is -0.143. The molecule has 2 saturated heterocycles. The second-order valence-corrected chi connectivity index (χ2v) is 10.1. The lowest BCUT2D eigenvalue weighted by Crippen LogP contribution is -2.38. The molecule has 0 saturated carbocycles. The number of piperidine rings is 2. The molecule has 2 fully saturated rings. The Kier molecular flexibility index (Phi) is 7.79. The first-order valence-electron chi connectivity index (χ1n) is 13.1. The van der Waals surface area contributed by atoms with Gasteiger partial charge >= 0.3 is 5.97 Å². The molecule has 0 radical (unpaired) electrons. The molecule has 0 bridgehead atoms. The molecule has 0 atom stereocenters. The second kappa shape index (κ2) is 11.6. The van der Waals surface area contributed by atoms with E-state index in [1.54, 1.807) is 4.90 Å². The van der Waals surface area contributed by atoms with Gasteiger partial charge in [-0.15, -0.1) is 0 Å². The highest BCUT2D eigenvalue weighted by Crippen LogP contribution is 2.30. The van der Waals surface area contributed by atoms with Crippen molar-refractivity contribution in [2.24, 2.45) is 5.92 Å². The van der Waals surface area contributed by atoms with E-state index in [0.717, 1.165) is 30.9 Å². The third-order valence-electron chi connectivity index (χ3n) is 7.54. The maximum atomic E-state index is 12.6. The number of aliphatic carboxylic acids is 1. The number of benzene rings is 1. The Morgan fingerprint density at radius 2 is 1.79 bits per heavy atom. The van der Waals surface area contributed by atoms with E-state index in [-0.39, 0.29) is 29.7 Å². The molecule has 0 spiro atoms. The number of aromatic amines is 1. The molecule has 12 heteroatoms. The lowest BCUT2D eigenvalue weighted by Gasteiger charge is -2.31. The summed E-state index contributed by atoms with van der Waals surface area (Å²) in [7, 11) is 0. The summed E-state index contributed by atoms with van der Waals surface area (Å²) in [4.78, 5) is 49.3. The minimum atomic E-state index is -0.712. The Labute approximate surface area is 224 Å². The molecule has 2 aliphatic rings. The van der Waals surface area contributed by atoms with Gasteiger partial charge in [-0.05, 0) is 56.5 Å². The summed E-state index contributed by atoms with van der Waals surface area (Å²) in [5, 5.41) is 28.0. The van der Waals surface area contributed by atoms with Crippen LogP contribution in [0.15, 0.2) is 35.3 Å². The number of carboxylic acids is 1.